The van der Waals surface area contributed by atoms with Crippen LogP contribution in [0.25, 0.3) is 10.8 Å². The van der Waals surface area contributed by atoms with Crippen LogP contribution in [0.5, 0.6) is 11.5 Å². The Morgan fingerprint density at radius 3 is 2.41 bits per heavy atom. The van der Waals surface area contributed by atoms with Gasteiger partial charge in [-0.25, -0.2) is 0 Å². The van der Waals surface area contributed by atoms with E-state index in [0.717, 1.165) is 6.42 Å². The van der Waals surface area contributed by atoms with Crippen LogP contribution in [0.1, 0.15) is 19.4 Å². The number of nitrogens with one attached hydrogen (secondary N) is 1. The van der Waals surface area contributed by atoms with Crippen molar-refractivity contribution >= 4 is 17.2 Å². The van der Waals surface area contributed by atoms with Crippen LogP contribution in [0.2, 0.25) is 0 Å². The van der Waals surface area contributed by atoms with Crippen LogP contribution in [0.15, 0.2) is 66.7 Å². The summed E-state index contributed by atoms with van der Waals surface area (Å²) >= 11 is 0. The Balaban J connectivity index is 1.47. The second kappa shape index (κ2) is 9.54. The summed E-state index contributed by atoms with van der Waals surface area (Å²) in [5.41, 5.74) is 1.08. The molecule has 2 N–H and O–H groups in total. The molecule has 152 valence electrons. The Labute approximate surface area is 171 Å². The highest BCUT2D eigenvalue weighted by Gasteiger charge is 2.19. The lowest BCUT2D eigenvalue weighted by Crippen LogP contribution is -2.46. The third-order valence-corrected chi connectivity index (χ3v) is 4.73. The van der Waals surface area contributed by atoms with Crippen molar-refractivity contribution < 1.29 is 19.4 Å². The number of benzene rings is 3. The van der Waals surface area contributed by atoms with E-state index in [0.29, 0.717) is 24.5 Å². The van der Waals surface area contributed by atoms with E-state index in [-0.39, 0.29) is 12.1 Å². The quantitative estimate of drug-likeness (QED) is 0.514. The number of β-amino-alcohol motifs (C(OH)–C–C–N with tert-alkyl or cyclic N) is 1. The molecule has 0 aliphatic carbocycles. The van der Waals surface area contributed by atoms with Crippen LogP contribution in [0.3, 0.4) is 0 Å². The van der Waals surface area contributed by atoms with Crippen molar-refractivity contribution in [3.05, 3.63) is 72.3 Å². The average Bonchev–Trinajstić information content (AvgIpc) is 2.72. The van der Waals surface area contributed by atoms with Gasteiger partial charge in [0.2, 0.25) is 0 Å². The van der Waals surface area contributed by atoms with Crippen molar-refractivity contribution in [2.75, 3.05) is 13.2 Å². The minimum absolute atomic E-state index is 0.169. The molecule has 0 saturated carbocycles. The maximum atomic E-state index is 10.3. The summed E-state index contributed by atoms with van der Waals surface area (Å²) in [5, 5.41) is 16.2. The van der Waals surface area contributed by atoms with Crippen molar-refractivity contribution in [2.45, 2.75) is 31.9 Å². The Kier molecular flexibility index (Phi) is 6.86. The Morgan fingerprint density at radius 2 is 1.69 bits per heavy atom. The smallest absolute Gasteiger partial charge is 0.298 e. The Bertz CT molecular complexity index is 937. The zero-order valence-electron chi connectivity index (χ0n) is 16.8. The number of carbonyl (C=O) groups excluding carboxylic acids is 1. The molecule has 0 radical (unpaired) electrons. The van der Waals surface area contributed by atoms with Crippen molar-refractivity contribution in [1.82, 2.24) is 5.32 Å². The number of fused-ring (bicyclic) bond motifs is 1. The molecule has 0 aliphatic rings. The van der Waals surface area contributed by atoms with Gasteiger partial charge in [-0.1, -0.05) is 42.5 Å². The second-order valence-corrected chi connectivity index (χ2v) is 7.77. The molecule has 3 rings (SSSR count). The van der Waals surface area contributed by atoms with Crippen LogP contribution in [0.4, 0.5) is 0 Å². The summed E-state index contributed by atoms with van der Waals surface area (Å²) in [6.07, 6.45) is 0.209. The molecule has 5 heteroatoms. The minimum atomic E-state index is -0.642. The molecule has 3 aromatic rings. The van der Waals surface area contributed by atoms with E-state index in [1.165, 1.54) is 16.3 Å². The lowest BCUT2D eigenvalue weighted by atomic mass is 9.93. The number of aliphatic hydroxyl groups excluding tert-OH is 1. The van der Waals surface area contributed by atoms with Crippen molar-refractivity contribution in [1.29, 1.82) is 0 Å². The monoisotopic (exact) mass is 393 g/mol. The van der Waals surface area contributed by atoms with Crippen molar-refractivity contribution in [3.8, 4) is 11.5 Å². The number of ether oxygens (including phenoxy) is 2. The summed E-state index contributed by atoms with van der Waals surface area (Å²) in [5.74, 6) is 1.06. The van der Waals surface area contributed by atoms with E-state index in [2.05, 4.69) is 55.6 Å². The zero-order chi connectivity index (χ0) is 20.7. The molecule has 0 aromatic heterocycles. The van der Waals surface area contributed by atoms with Gasteiger partial charge in [-0.3, -0.25) is 4.79 Å². The fraction of sp³-hybridized carbons (Fsp3) is 0.292. The molecule has 1 atom stereocenters. The number of carbonyl (C=O) groups is 1. The predicted octanol–water partition coefficient (Wildman–Crippen LogP) is 3.73. The first-order valence-corrected chi connectivity index (χ1v) is 9.69. The van der Waals surface area contributed by atoms with Crippen LogP contribution in [0, 0.1) is 0 Å². The molecule has 5 nitrogen and oxygen atoms in total. The molecule has 3 aromatic carbocycles. The maximum Gasteiger partial charge on any atom is 0.298 e. The van der Waals surface area contributed by atoms with Gasteiger partial charge < -0.3 is 19.9 Å². The molecule has 29 heavy (non-hydrogen) atoms. The molecule has 0 amide bonds. The lowest BCUT2D eigenvalue weighted by Gasteiger charge is -2.28. The van der Waals surface area contributed by atoms with Gasteiger partial charge in [0.15, 0.2) is 0 Å². The lowest BCUT2D eigenvalue weighted by molar-refractivity contribution is -0.120. The van der Waals surface area contributed by atoms with Crippen LogP contribution in [-0.2, 0) is 11.2 Å². The first-order chi connectivity index (χ1) is 13.9. The first-order valence-electron chi connectivity index (χ1n) is 9.69. The summed E-state index contributed by atoms with van der Waals surface area (Å²) in [6.45, 7) is 5.23. The zero-order valence-corrected chi connectivity index (χ0v) is 16.8. The normalized spacial score (nSPS) is 12.5. The number of hydrogen-bond acceptors (Lipinski definition) is 5. The molecule has 1 unspecified atom stereocenters. The fourth-order valence-corrected chi connectivity index (χ4v) is 3.24. The van der Waals surface area contributed by atoms with Gasteiger partial charge in [0.1, 0.15) is 24.2 Å². The summed E-state index contributed by atoms with van der Waals surface area (Å²) in [6, 6.07) is 21.5. The van der Waals surface area contributed by atoms with Gasteiger partial charge in [-0.15, -0.1) is 0 Å². The van der Waals surface area contributed by atoms with E-state index in [1.54, 1.807) is 24.3 Å². The molecular weight excluding hydrogens is 366 g/mol. The maximum absolute atomic E-state index is 10.3. The van der Waals surface area contributed by atoms with Crippen molar-refractivity contribution in [2.24, 2.45) is 0 Å². The minimum Gasteiger partial charge on any atom is -0.491 e. The highest BCUT2D eigenvalue weighted by atomic mass is 16.5. The number of rotatable bonds is 10. The Hall–Kier alpha value is -2.89. The van der Waals surface area contributed by atoms with E-state index in [4.69, 9.17) is 9.47 Å². The molecular formula is C24H27NO4. The van der Waals surface area contributed by atoms with Crippen LogP contribution >= 0.6 is 0 Å². The van der Waals surface area contributed by atoms with Gasteiger partial charge in [0.25, 0.3) is 6.47 Å². The highest BCUT2D eigenvalue weighted by molar-refractivity contribution is 5.83. The van der Waals surface area contributed by atoms with Crippen LogP contribution in [-0.4, -0.2) is 36.4 Å². The molecule has 0 heterocycles. The standard InChI is InChI=1S/C24H27NO4/c1-24(2,14-18-7-8-19-5-3-4-6-20(19)13-18)25-15-21(27)16-28-22-9-11-23(12-10-22)29-17-26/h3-13,17,21,25,27H,14-16H2,1-2H3. The largest absolute Gasteiger partial charge is 0.491 e. The topological polar surface area (TPSA) is 67.8 Å². The number of aliphatic hydroxyl groups is 1. The number of hydrogen-bond donors (Lipinski definition) is 2. The Morgan fingerprint density at radius 1 is 1.00 bits per heavy atom. The summed E-state index contributed by atoms with van der Waals surface area (Å²) in [7, 11) is 0. The molecule has 0 bridgehead atoms. The van der Waals surface area contributed by atoms with Gasteiger partial charge in [0.05, 0.1) is 0 Å². The molecule has 0 aliphatic heterocycles. The third-order valence-electron chi connectivity index (χ3n) is 4.73. The van der Waals surface area contributed by atoms with E-state index in [1.807, 2.05) is 6.07 Å². The fourth-order valence-electron chi connectivity index (χ4n) is 3.24. The van der Waals surface area contributed by atoms with E-state index in [9.17, 15) is 9.90 Å². The van der Waals surface area contributed by atoms with Crippen LogP contribution < -0.4 is 14.8 Å². The van der Waals surface area contributed by atoms with Gasteiger partial charge in [0, 0.05) is 12.1 Å². The average molecular weight is 393 g/mol. The SMILES string of the molecule is CC(C)(Cc1ccc2ccccc2c1)NCC(O)COc1ccc(OC=O)cc1. The van der Waals surface area contributed by atoms with Gasteiger partial charge in [-0.05, 0) is 60.9 Å². The van der Waals surface area contributed by atoms with Crippen molar-refractivity contribution in [3.63, 3.8) is 0 Å². The first kappa shape index (κ1) is 20.8. The second-order valence-electron chi connectivity index (χ2n) is 7.77. The highest BCUT2D eigenvalue weighted by Crippen LogP contribution is 2.20. The molecule has 0 saturated heterocycles. The van der Waals surface area contributed by atoms with Gasteiger partial charge >= 0.3 is 0 Å². The molecule has 0 fully saturated rings. The summed E-state index contributed by atoms with van der Waals surface area (Å²) in [4.78, 5) is 10.3. The van der Waals surface area contributed by atoms with Gasteiger partial charge in [-0.2, -0.15) is 0 Å². The van der Waals surface area contributed by atoms with E-state index >= 15 is 0 Å². The third kappa shape index (κ3) is 6.31. The predicted molar refractivity (Wildman–Crippen MR) is 114 cm³/mol. The summed E-state index contributed by atoms with van der Waals surface area (Å²) < 4.78 is 10.3. The molecule has 0 spiro atoms. The van der Waals surface area contributed by atoms with E-state index < -0.39 is 6.10 Å².